The van der Waals surface area contributed by atoms with Gasteiger partial charge in [-0.15, -0.1) is 0 Å². The molecule has 1 atom stereocenters. The molecule has 436 valence electrons. The Balaban J connectivity index is 4.04. The van der Waals surface area contributed by atoms with Crippen molar-refractivity contribution in [1.82, 2.24) is 0 Å². The summed E-state index contributed by atoms with van der Waals surface area (Å²) in [4.78, 5) is 38.1. The monoisotopic (exact) mass is 1050 g/mol. The highest BCUT2D eigenvalue weighted by Crippen LogP contribution is 2.17. The Hall–Kier alpha value is -2.89. The Labute approximate surface area is 466 Å². The van der Waals surface area contributed by atoms with Crippen molar-refractivity contribution in [1.29, 1.82) is 0 Å². The van der Waals surface area contributed by atoms with Crippen molar-refractivity contribution in [3.63, 3.8) is 0 Å². The van der Waals surface area contributed by atoms with E-state index in [1.807, 2.05) is 0 Å². The molecular formula is C69H124O6. The summed E-state index contributed by atoms with van der Waals surface area (Å²) in [6.45, 7) is 6.51. The quantitative estimate of drug-likeness (QED) is 0.0261. The Morgan fingerprint density at radius 2 is 0.520 bits per heavy atom. The van der Waals surface area contributed by atoms with Crippen LogP contribution in [0.2, 0.25) is 0 Å². The second-order valence-corrected chi connectivity index (χ2v) is 22.0. The van der Waals surface area contributed by atoms with Gasteiger partial charge in [-0.25, -0.2) is 0 Å². The fourth-order valence-corrected chi connectivity index (χ4v) is 9.61. The average molecular weight is 1050 g/mol. The van der Waals surface area contributed by atoms with Gasteiger partial charge in [0.15, 0.2) is 6.10 Å². The van der Waals surface area contributed by atoms with Crippen molar-refractivity contribution in [2.24, 2.45) is 0 Å². The van der Waals surface area contributed by atoms with Crippen LogP contribution in [-0.4, -0.2) is 37.2 Å². The van der Waals surface area contributed by atoms with E-state index in [4.69, 9.17) is 14.2 Å². The van der Waals surface area contributed by atoms with Gasteiger partial charge in [-0.3, -0.25) is 14.4 Å². The SMILES string of the molecule is CC/C=C\C/C=C\C/C=C\C/C=C\CCCCC(=O)OC(COC(=O)CCCCCCCCCCC)COC(=O)CCCCCCCCCCCCCCCCCCCCCCC/C=C\CCCCCCCCCC. The van der Waals surface area contributed by atoms with E-state index in [-0.39, 0.29) is 37.5 Å². The largest absolute Gasteiger partial charge is 0.462 e. The van der Waals surface area contributed by atoms with E-state index in [2.05, 4.69) is 81.5 Å². The molecule has 75 heavy (non-hydrogen) atoms. The number of unbranched alkanes of at least 4 members (excludes halogenated alkanes) is 39. The van der Waals surface area contributed by atoms with Crippen molar-refractivity contribution >= 4 is 17.9 Å². The lowest BCUT2D eigenvalue weighted by Crippen LogP contribution is -2.30. The first kappa shape index (κ1) is 72.1. The minimum Gasteiger partial charge on any atom is -0.462 e. The molecule has 0 spiro atoms. The van der Waals surface area contributed by atoms with E-state index >= 15 is 0 Å². The Morgan fingerprint density at radius 3 is 0.853 bits per heavy atom. The first-order valence-corrected chi connectivity index (χ1v) is 32.8. The van der Waals surface area contributed by atoms with Gasteiger partial charge in [0.1, 0.15) is 13.2 Å². The van der Waals surface area contributed by atoms with Crippen LogP contribution in [0.5, 0.6) is 0 Å². The van der Waals surface area contributed by atoms with Gasteiger partial charge in [0.2, 0.25) is 0 Å². The Morgan fingerprint density at radius 1 is 0.280 bits per heavy atom. The smallest absolute Gasteiger partial charge is 0.306 e. The summed E-state index contributed by atoms with van der Waals surface area (Å²) in [7, 11) is 0. The van der Waals surface area contributed by atoms with Crippen molar-refractivity contribution in [3.8, 4) is 0 Å². The maximum Gasteiger partial charge on any atom is 0.306 e. The number of hydrogen-bond donors (Lipinski definition) is 0. The molecule has 1 unspecified atom stereocenters. The van der Waals surface area contributed by atoms with Crippen molar-refractivity contribution in [2.75, 3.05) is 13.2 Å². The number of esters is 3. The van der Waals surface area contributed by atoms with Crippen LogP contribution in [0.1, 0.15) is 342 Å². The molecule has 0 aromatic heterocycles. The molecule has 0 bridgehead atoms. The number of hydrogen-bond acceptors (Lipinski definition) is 6. The van der Waals surface area contributed by atoms with E-state index in [1.165, 1.54) is 218 Å². The highest BCUT2D eigenvalue weighted by atomic mass is 16.6. The lowest BCUT2D eigenvalue weighted by Gasteiger charge is -2.18. The minimum absolute atomic E-state index is 0.0871. The summed E-state index contributed by atoms with van der Waals surface area (Å²) in [6, 6.07) is 0. The molecule has 0 aromatic rings. The predicted molar refractivity (Wildman–Crippen MR) is 325 cm³/mol. The number of carbonyl (C=O) groups excluding carboxylic acids is 3. The van der Waals surface area contributed by atoms with Crippen molar-refractivity contribution in [2.45, 2.75) is 348 Å². The van der Waals surface area contributed by atoms with Gasteiger partial charge >= 0.3 is 17.9 Å². The zero-order valence-electron chi connectivity index (χ0n) is 50.1. The van der Waals surface area contributed by atoms with Gasteiger partial charge in [-0.05, 0) is 83.5 Å². The van der Waals surface area contributed by atoms with Crippen LogP contribution < -0.4 is 0 Å². The zero-order valence-corrected chi connectivity index (χ0v) is 50.1. The third kappa shape index (κ3) is 61.8. The standard InChI is InChI=1S/C69H124O6/c1-4-7-10-13-16-19-21-23-25-26-27-28-29-30-31-32-33-34-35-36-37-38-39-40-41-42-44-45-47-50-53-56-59-62-68(71)74-65-66(64-73-67(70)61-58-55-52-49-18-15-12-9-6-3)75-69(72)63-60-57-54-51-48-46-43-24-22-20-17-14-11-8-5-2/h8,11,17,20,24,26-27,43,48,51,66H,4-7,9-10,12-16,18-19,21-23,25,28-42,44-47,49-50,52-65H2,1-3H3/b11-8-,20-17-,27-26-,43-24-,51-48-. The van der Waals surface area contributed by atoms with Gasteiger partial charge in [0.05, 0.1) is 0 Å². The van der Waals surface area contributed by atoms with E-state index in [0.29, 0.717) is 19.3 Å². The molecule has 0 heterocycles. The number of ether oxygens (including phenoxy) is 3. The molecule has 0 aliphatic heterocycles. The fourth-order valence-electron chi connectivity index (χ4n) is 9.61. The number of allylic oxidation sites excluding steroid dienone is 10. The molecule has 0 N–H and O–H groups in total. The molecule has 6 nitrogen and oxygen atoms in total. The lowest BCUT2D eigenvalue weighted by atomic mass is 10.0. The summed E-state index contributed by atoms with van der Waals surface area (Å²) < 4.78 is 16.8. The molecule has 0 saturated heterocycles. The first-order valence-electron chi connectivity index (χ1n) is 32.8. The molecular weight excluding hydrogens is 925 g/mol. The molecule has 0 aliphatic carbocycles. The molecule has 0 aromatic carbocycles. The normalized spacial score (nSPS) is 12.4. The molecule has 0 rings (SSSR count). The van der Waals surface area contributed by atoms with Gasteiger partial charge in [-0.1, -0.05) is 300 Å². The van der Waals surface area contributed by atoms with Gasteiger partial charge < -0.3 is 14.2 Å². The van der Waals surface area contributed by atoms with Gasteiger partial charge in [-0.2, -0.15) is 0 Å². The van der Waals surface area contributed by atoms with Crippen molar-refractivity contribution < 1.29 is 28.6 Å². The van der Waals surface area contributed by atoms with Crippen LogP contribution in [-0.2, 0) is 28.6 Å². The summed E-state index contributed by atoms with van der Waals surface area (Å²) in [5.41, 5.74) is 0. The summed E-state index contributed by atoms with van der Waals surface area (Å²) >= 11 is 0. The topological polar surface area (TPSA) is 78.9 Å². The van der Waals surface area contributed by atoms with Crippen LogP contribution >= 0.6 is 0 Å². The van der Waals surface area contributed by atoms with E-state index in [9.17, 15) is 14.4 Å². The maximum absolute atomic E-state index is 12.8. The Kier molecular flexibility index (Phi) is 61.2. The lowest BCUT2D eigenvalue weighted by molar-refractivity contribution is -0.167. The number of rotatable bonds is 60. The second kappa shape index (κ2) is 63.6. The third-order valence-corrected chi connectivity index (χ3v) is 14.5. The van der Waals surface area contributed by atoms with Crippen LogP contribution in [0.15, 0.2) is 60.8 Å². The maximum atomic E-state index is 12.8. The predicted octanol–water partition coefficient (Wildman–Crippen LogP) is 22.3. The molecule has 0 saturated carbocycles. The van der Waals surface area contributed by atoms with E-state index in [0.717, 1.165) is 77.0 Å². The molecule has 0 amide bonds. The molecule has 6 heteroatoms. The number of carbonyl (C=O) groups is 3. The molecule has 0 fully saturated rings. The fraction of sp³-hybridized carbons (Fsp3) is 0.812. The second-order valence-electron chi connectivity index (χ2n) is 22.0. The van der Waals surface area contributed by atoms with Gasteiger partial charge in [0, 0.05) is 19.3 Å². The first-order chi connectivity index (χ1) is 37.0. The highest BCUT2D eigenvalue weighted by molar-refractivity contribution is 5.71. The van der Waals surface area contributed by atoms with E-state index < -0.39 is 6.10 Å². The van der Waals surface area contributed by atoms with Crippen LogP contribution in [0.25, 0.3) is 0 Å². The highest BCUT2D eigenvalue weighted by Gasteiger charge is 2.19. The summed E-state index contributed by atoms with van der Waals surface area (Å²) in [5.74, 6) is -0.917. The molecule has 0 aliphatic rings. The van der Waals surface area contributed by atoms with Crippen molar-refractivity contribution in [3.05, 3.63) is 60.8 Å². The Bertz CT molecular complexity index is 1340. The zero-order chi connectivity index (χ0) is 54.3. The summed E-state index contributed by atoms with van der Waals surface area (Å²) in [6.07, 6.45) is 81.4. The van der Waals surface area contributed by atoms with Crippen LogP contribution in [0.3, 0.4) is 0 Å². The average Bonchev–Trinajstić information content (AvgIpc) is 3.41. The van der Waals surface area contributed by atoms with E-state index in [1.54, 1.807) is 0 Å². The third-order valence-electron chi connectivity index (χ3n) is 14.5. The van der Waals surface area contributed by atoms with Crippen LogP contribution in [0, 0.1) is 0 Å². The minimum atomic E-state index is -0.792. The van der Waals surface area contributed by atoms with Crippen LogP contribution in [0.4, 0.5) is 0 Å². The van der Waals surface area contributed by atoms with Gasteiger partial charge in [0.25, 0.3) is 0 Å². The summed E-state index contributed by atoms with van der Waals surface area (Å²) in [5, 5.41) is 0. The molecule has 0 radical (unpaired) electrons.